The Hall–Kier alpha value is -2.56. The molecule has 2 aromatic rings. The average molecular weight is 458 g/mol. The number of nitrogens with one attached hydrogen (secondary N) is 1. The quantitative estimate of drug-likeness (QED) is 0.665. The monoisotopic (exact) mass is 457 g/mol. The van der Waals surface area contributed by atoms with E-state index < -0.39 is 6.10 Å². The Morgan fingerprint density at radius 3 is 2.62 bits per heavy atom. The molecule has 1 aliphatic rings. The normalized spacial score (nSPS) is 14.8. The van der Waals surface area contributed by atoms with Crippen LogP contribution < -0.4 is 15.0 Å². The summed E-state index contributed by atoms with van der Waals surface area (Å²) in [6.07, 6.45) is -0.686. The summed E-state index contributed by atoms with van der Waals surface area (Å²) >= 11 is 3.36. The molecule has 1 unspecified atom stereocenters. The minimum Gasteiger partial charge on any atom is -0.491 e. The molecule has 1 aliphatic heterocycles. The summed E-state index contributed by atoms with van der Waals surface area (Å²) in [5.41, 5.74) is 2.15. The van der Waals surface area contributed by atoms with E-state index in [2.05, 4.69) is 27.3 Å². The number of amides is 1. The highest BCUT2D eigenvalue weighted by atomic mass is 79.9. The van der Waals surface area contributed by atoms with E-state index in [1.54, 1.807) is 18.2 Å². The largest absolute Gasteiger partial charge is 0.491 e. The summed E-state index contributed by atoms with van der Waals surface area (Å²) in [5, 5.41) is 22.4. The van der Waals surface area contributed by atoms with E-state index in [1.807, 2.05) is 43.0 Å². The van der Waals surface area contributed by atoms with Gasteiger partial charge in [0.25, 0.3) is 0 Å². The van der Waals surface area contributed by atoms with Crippen molar-refractivity contribution >= 4 is 27.5 Å². The molecule has 29 heavy (non-hydrogen) atoms. The second-order valence-electron chi connectivity index (χ2n) is 7.37. The Morgan fingerprint density at radius 1 is 1.31 bits per heavy atom. The van der Waals surface area contributed by atoms with Crippen LogP contribution in [0.3, 0.4) is 0 Å². The summed E-state index contributed by atoms with van der Waals surface area (Å²) in [6, 6.07) is 15.0. The van der Waals surface area contributed by atoms with E-state index in [1.165, 1.54) is 0 Å². The minimum absolute atomic E-state index is 0.0873. The molecule has 1 amide bonds. The van der Waals surface area contributed by atoms with Gasteiger partial charge in [-0.1, -0.05) is 28.1 Å². The molecule has 6 nitrogen and oxygen atoms in total. The molecule has 2 N–H and O–H groups in total. The van der Waals surface area contributed by atoms with Crippen molar-refractivity contribution in [1.82, 2.24) is 5.32 Å². The van der Waals surface area contributed by atoms with Crippen molar-refractivity contribution in [2.75, 3.05) is 24.5 Å². The van der Waals surface area contributed by atoms with Crippen LogP contribution in [0.5, 0.6) is 5.75 Å². The number of benzene rings is 2. The lowest BCUT2D eigenvalue weighted by Crippen LogP contribution is -2.54. The van der Waals surface area contributed by atoms with Gasteiger partial charge in [-0.15, -0.1) is 0 Å². The summed E-state index contributed by atoms with van der Waals surface area (Å²) in [4.78, 5) is 14.4. The van der Waals surface area contributed by atoms with Gasteiger partial charge in [-0.3, -0.25) is 4.79 Å². The van der Waals surface area contributed by atoms with Gasteiger partial charge < -0.3 is 20.1 Å². The van der Waals surface area contributed by atoms with Gasteiger partial charge in [-0.2, -0.15) is 5.26 Å². The molecule has 0 bridgehead atoms. The zero-order valence-electron chi connectivity index (χ0n) is 16.4. The Bertz CT molecular complexity index is 903. The lowest BCUT2D eigenvalue weighted by Gasteiger charge is -2.40. The Labute approximate surface area is 179 Å². The van der Waals surface area contributed by atoms with E-state index in [9.17, 15) is 15.2 Å². The molecule has 1 heterocycles. The number of halogens is 1. The minimum atomic E-state index is -0.778. The summed E-state index contributed by atoms with van der Waals surface area (Å²) in [5.74, 6) is 0.508. The number of anilines is 1. The van der Waals surface area contributed by atoms with E-state index in [0.717, 1.165) is 21.5 Å². The predicted octanol–water partition coefficient (Wildman–Crippen LogP) is 3.39. The zero-order chi connectivity index (χ0) is 21.0. The number of rotatable bonds is 7. The number of ether oxygens (including phenoxy) is 1. The number of aliphatic hydroxyl groups is 1. The lowest BCUT2D eigenvalue weighted by atomic mass is 9.96. The summed E-state index contributed by atoms with van der Waals surface area (Å²) < 4.78 is 6.44. The van der Waals surface area contributed by atoms with E-state index in [4.69, 9.17) is 4.74 Å². The molecule has 0 aromatic heterocycles. The van der Waals surface area contributed by atoms with Crippen molar-refractivity contribution in [1.29, 1.82) is 5.26 Å². The number of hydrogen-bond donors (Lipinski definition) is 2. The molecule has 0 saturated carbocycles. The maximum absolute atomic E-state index is 12.4. The maximum Gasteiger partial charge on any atom is 0.226 e. The van der Waals surface area contributed by atoms with Crippen LogP contribution in [0.25, 0.3) is 0 Å². The van der Waals surface area contributed by atoms with Gasteiger partial charge >= 0.3 is 0 Å². The lowest BCUT2D eigenvalue weighted by molar-refractivity contribution is -0.126. The zero-order valence-corrected chi connectivity index (χ0v) is 18.0. The summed E-state index contributed by atoms with van der Waals surface area (Å²) in [6.45, 7) is 5.18. The van der Waals surface area contributed by atoms with Gasteiger partial charge in [0, 0.05) is 24.1 Å². The number of carbonyl (C=O) groups excluding carboxylic acids is 1. The third-order valence-corrected chi connectivity index (χ3v) is 5.27. The molecule has 3 rings (SSSR count). The number of hydrogen-bond acceptors (Lipinski definition) is 5. The Morgan fingerprint density at radius 2 is 2.00 bits per heavy atom. The standard InChI is InChI=1S/C22H24BrN3O3/c1-14(2)29-19-6-3-15(4-7-19)21(27)11-25-22(28)17-12-26(13-17)20-8-5-18(23)9-16(20)10-24/h3-9,14,17,21,27H,11-13H2,1-2H3,(H,25,28). The molecule has 1 fully saturated rings. The van der Waals surface area contributed by atoms with E-state index in [-0.39, 0.29) is 24.5 Å². The predicted molar refractivity (Wildman–Crippen MR) is 115 cm³/mol. The van der Waals surface area contributed by atoms with Gasteiger partial charge in [0.05, 0.1) is 29.4 Å². The van der Waals surface area contributed by atoms with Crippen molar-refractivity contribution in [3.05, 3.63) is 58.1 Å². The molecule has 7 heteroatoms. The van der Waals surface area contributed by atoms with Gasteiger partial charge in [0.2, 0.25) is 5.91 Å². The van der Waals surface area contributed by atoms with Crippen molar-refractivity contribution in [2.24, 2.45) is 5.92 Å². The van der Waals surface area contributed by atoms with Gasteiger partial charge in [-0.05, 0) is 49.7 Å². The highest BCUT2D eigenvalue weighted by molar-refractivity contribution is 9.10. The third-order valence-electron chi connectivity index (χ3n) is 4.78. The molecule has 1 atom stereocenters. The van der Waals surface area contributed by atoms with Crippen molar-refractivity contribution in [3.63, 3.8) is 0 Å². The smallest absolute Gasteiger partial charge is 0.226 e. The molecule has 1 saturated heterocycles. The molecular formula is C22H24BrN3O3. The number of nitriles is 1. The molecule has 2 aromatic carbocycles. The highest BCUT2D eigenvalue weighted by Gasteiger charge is 2.34. The first-order valence-electron chi connectivity index (χ1n) is 9.54. The molecule has 0 aliphatic carbocycles. The average Bonchev–Trinajstić information content (AvgIpc) is 2.66. The van der Waals surface area contributed by atoms with Crippen LogP contribution in [0.15, 0.2) is 46.9 Å². The van der Waals surface area contributed by atoms with E-state index >= 15 is 0 Å². The summed E-state index contributed by atoms with van der Waals surface area (Å²) in [7, 11) is 0. The van der Waals surface area contributed by atoms with Crippen LogP contribution >= 0.6 is 15.9 Å². The van der Waals surface area contributed by atoms with Crippen LogP contribution in [0.1, 0.15) is 31.1 Å². The maximum atomic E-state index is 12.4. The van der Waals surface area contributed by atoms with Crippen LogP contribution in [0.2, 0.25) is 0 Å². The first-order valence-corrected chi connectivity index (χ1v) is 10.3. The van der Waals surface area contributed by atoms with Gasteiger partial charge in [-0.25, -0.2) is 0 Å². The van der Waals surface area contributed by atoms with Gasteiger partial charge in [0.1, 0.15) is 11.8 Å². The molecule has 0 radical (unpaired) electrons. The Kier molecular flexibility index (Phi) is 6.78. The van der Waals surface area contributed by atoms with Crippen LogP contribution in [-0.4, -0.2) is 36.8 Å². The molecular weight excluding hydrogens is 434 g/mol. The van der Waals surface area contributed by atoms with Crippen LogP contribution in [0.4, 0.5) is 5.69 Å². The second-order valence-corrected chi connectivity index (χ2v) is 8.29. The topological polar surface area (TPSA) is 85.6 Å². The van der Waals surface area contributed by atoms with Crippen LogP contribution in [0, 0.1) is 17.2 Å². The van der Waals surface area contributed by atoms with Crippen LogP contribution in [-0.2, 0) is 4.79 Å². The van der Waals surface area contributed by atoms with Crippen molar-refractivity contribution < 1.29 is 14.6 Å². The fraction of sp³-hybridized carbons (Fsp3) is 0.364. The second kappa shape index (κ2) is 9.29. The van der Waals surface area contributed by atoms with Crippen molar-refractivity contribution in [3.8, 4) is 11.8 Å². The van der Waals surface area contributed by atoms with Crippen molar-refractivity contribution in [2.45, 2.75) is 26.1 Å². The third kappa shape index (κ3) is 5.28. The highest BCUT2D eigenvalue weighted by Crippen LogP contribution is 2.30. The number of nitrogens with zero attached hydrogens (tertiary/aromatic N) is 2. The van der Waals surface area contributed by atoms with E-state index in [0.29, 0.717) is 18.7 Å². The SMILES string of the molecule is CC(C)Oc1ccc(C(O)CNC(=O)C2CN(c3ccc(Br)cc3C#N)C2)cc1. The number of carbonyl (C=O) groups is 1. The fourth-order valence-electron chi connectivity index (χ4n) is 3.21. The van der Waals surface area contributed by atoms with Gasteiger partial charge in [0.15, 0.2) is 0 Å². The first-order chi connectivity index (χ1) is 13.9. The molecule has 0 spiro atoms. The fourth-order valence-corrected chi connectivity index (χ4v) is 3.58. The molecule has 152 valence electrons. The first kappa shape index (κ1) is 21.2. The number of aliphatic hydroxyl groups excluding tert-OH is 1. The Balaban J connectivity index is 1.48.